The number of para-hydroxylation sites is 1. The van der Waals surface area contributed by atoms with Crippen LogP contribution in [0.25, 0.3) is 10.9 Å². The van der Waals surface area contributed by atoms with Crippen molar-refractivity contribution in [2.45, 2.75) is 6.54 Å². The molecule has 0 N–H and O–H groups in total. The summed E-state index contributed by atoms with van der Waals surface area (Å²) in [6, 6.07) is 19.4. The average Bonchev–Trinajstić information content (AvgIpc) is 2.75. The van der Waals surface area contributed by atoms with Crippen LogP contribution in [0, 0.1) is 0 Å². The van der Waals surface area contributed by atoms with E-state index < -0.39 is 0 Å². The number of carbonyl (C=O) groups is 1. The van der Waals surface area contributed by atoms with Crippen LogP contribution in [0.2, 0.25) is 0 Å². The molecule has 0 aliphatic rings. The van der Waals surface area contributed by atoms with Crippen LogP contribution in [0.4, 0.5) is 0 Å². The lowest BCUT2D eigenvalue weighted by Crippen LogP contribution is -2.21. The number of aromatic nitrogens is 2. The molecule has 2 radical (unpaired) electrons. The summed E-state index contributed by atoms with van der Waals surface area (Å²) < 4.78 is 7.05. The minimum atomic E-state index is -0.353. The number of rotatable bonds is 5. The van der Waals surface area contributed by atoms with E-state index in [0.29, 0.717) is 28.8 Å². The number of fused-ring (bicyclic) bond motifs is 1. The quantitative estimate of drug-likeness (QED) is 0.394. The summed E-state index contributed by atoms with van der Waals surface area (Å²) in [5.41, 5.74) is 2.07. The Balaban J connectivity index is 1.87. The lowest BCUT2D eigenvalue weighted by Gasteiger charge is -2.13. The van der Waals surface area contributed by atoms with Gasteiger partial charge in [-0.15, -0.1) is 0 Å². The normalized spacial score (nSPS) is 10.8. The van der Waals surface area contributed by atoms with Gasteiger partial charge in [-0.1, -0.05) is 36.4 Å². The molecule has 4 rings (SSSR count). The molecule has 0 atom stereocenters. The fourth-order valence-corrected chi connectivity index (χ4v) is 3.32. The maximum atomic E-state index is 13.1. The van der Waals surface area contributed by atoms with Crippen LogP contribution in [0.15, 0.2) is 77.7 Å². The Hall–Kier alpha value is -3.67. The predicted molar refractivity (Wildman–Crippen MR) is 113 cm³/mol. The van der Waals surface area contributed by atoms with E-state index in [1.165, 1.54) is 7.11 Å². The summed E-state index contributed by atoms with van der Waals surface area (Å²) in [4.78, 5) is 30.5. The molecule has 0 unspecified atom stereocenters. The van der Waals surface area contributed by atoms with Gasteiger partial charge in [0.2, 0.25) is 5.43 Å². The molecule has 0 aliphatic carbocycles. The van der Waals surface area contributed by atoms with Gasteiger partial charge in [0.1, 0.15) is 13.6 Å². The predicted octanol–water partition coefficient (Wildman–Crippen LogP) is 2.48. The molecule has 0 saturated heterocycles. The van der Waals surface area contributed by atoms with Crippen molar-refractivity contribution in [1.29, 1.82) is 0 Å². The summed E-state index contributed by atoms with van der Waals surface area (Å²) in [5, 5.41) is 0.477. The Bertz CT molecular complexity index is 1280. The highest BCUT2D eigenvalue weighted by atomic mass is 16.5. The molecule has 140 valence electrons. The Morgan fingerprint density at radius 1 is 1.07 bits per heavy atom. The topological polar surface area (TPSA) is 61.2 Å². The first-order chi connectivity index (χ1) is 14.1. The third-order valence-electron chi connectivity index (χ3n) is 4.72. The molecule has 0 amide bonds. The van der Waals surface area contributed by atoms with Crippen molar-refractivity contribution in [2.75, 3.05) is 7.11 Å². The van der Waals surface area contributed by atoms with Crippen LogP contribution in [0.5, 0.6) is 5.75 Å². The number of ketones is 1. The summed E-state index contributed by atoms with van der Waals surface area (Å²) in [6.07, 6.45) is 1.59. The second-order valence-corrected chi connectivity index (χ2v) is 6.63. The Kier molecular flexibility index (Phi) is 5.00. The summed E-state index contributed by atoms with van der Waals surface area (Å²) in [5.74, 6) is 0.204. The van der Waals surface area contributed by atoms with Gasteiger partial charge >= 0.3 is 0 Å². The maximum Gasteiger partial charge on any atom is 0.200 e. The third kappa shape index (κ3) is 3.69. The minimum Gasteiger partial charge on any atom is -0.497 e. The molecule has 29 heavy (non-hydrogen) atoms. The largest absolute Gasteiger partial charge is 0.497 e. The SMILES string of the molecule is [B]c1cccc(Cn2cc(C(=O)c3cccc(OC)c3)c(=O)c3ccccc32)n1. The van der Waals surface area contributed by atoms with E-state index in [2.05, 4.69) is 4.98 Å². The van der Waals surface area contributed by atoms with Gasteiger partial charge in [0, 0.05) is 17.1 Å². The zero-order chi connectivity index (χ0) is 20.4. The monoisotopic (exact) mass is 380 g/mol. The van der Waals surface area contributed by atoms with Gasteiger partial charge in [-0.25, -0.2) is 0 Å². The van der Waals surface area contributed by atoms with Crippen LogP contribution in [-0.4, -0.2) is 30.3 Å². The number of hydrogen-bond donors (Lipinski definition) is 0. The van der Waals surface area contributed by atoms with E-state index >= 15 is 0 Å². The molecule has 2 heterocycles. The summed E-state index contributed by atoms with van der Waals surface area (Å²) in [7, 11) is 7.33. The molecule has 0 saturated carbocycles. The van der Waals surface area contributed by atoms with Gasteiger partial charge in [-0.3, -0.25) is 14.6 Å². The Labute approximate surface area is 169 Å². The highest BCUT2D eigenvalue weighted by Gasteiger charge is 2.18. The van der Waals surface area contributed by atoms with E-state index in [9.17, 15) is 9.59 Å². The van der Waals surface area contributed by atoms with E-state index in [0.717, 1.165) is 11.2 Å². The first kappa shape index (κ1) is 18.7. The molecular formula is C23H17BN2O3. The van der Waals surface area contributed by atoms with Gasteiger partial charge in [-0.05, 0) is 35.9 Å². The van der Waals surface area contributed by atoms with Gasteiger partial charge in [-0.2, -0.15) is 0 Å². The number of methoxy groups -OCH3 is 1. The molecule has 0 aliphatic heterocycles. The first-order valence-corrected chi connectivity index (χ1v) is 9.09. The number of carbonyl (C=O) groups excluding carboxylic acids is 1. The van der Waals surface area contributed by atoms with E-state index in [-0.39, 0.29) is 16.8 Å². The highest BCUT2D eigenvalue weighted by molar-refractivity contribution is 6.30. The minimum absolute atomic E-state index is 0.0980. The number of pyridine rings is 2. The van der Waals surface area contributed by atoms with Crippen LogP contribution < -0.4 is 15.8 Å². The molecule has 2 aromatic heterocycles. The fraction of sp³-hybridized carbons (Fsp3) is 0.0870. The maximum absolute atomic E-state index is 13.1. The van der Waals surface area contributed by atoms with Crippen molar-refractivity contribution >= 4 is 30.1 Å². The second kappa shape index (κ2) is 7.76. The lowest BCUT2D eigenvalue weighted by molar-refractivity contribution is 0.103. The van der Waals surface area contributed by atoms with Gasteiger partial charge < -0.3 is 9.30 Å². The van der Waals surface area contributed by atoms with Gasteiger partial charge in [0.15, 0.2) is 5.78 Å². The number of ether oxygens (including phenoxy) is 1. The molecule has 0 spiro atoms. The van der Waals surface area contributed by atoms with E-state index in [1.54, 1.807) is 48.7 Å². The first-order valence-electron chi connectivity index (χ1n) is 9.09. The third-order valence-corrected chi connectivity index (χ3v) is 4.72. The van der Waals surface area contributed by atoms with Crippen LogP contribution in [-0.2, 0) is 6.54 Å². The molecule has 0 bridgehead atoms. The Morgan fingerprint density at radius 2 is 1.86 bits per heavy atom. The molecule has 5 nitrogen and oxygen atoms in total. The Morgan fingerprint density at radius 3 is 2.66 bits per heavy atom. The van der Waals surface area contributed by atoms with Crippen molar-refractivity contribution in [3.63, 3.8) is 0 Å². The van der Waals surface area contributed by atoms with Crippen molar-refractivity contribution in [3.8, 4) is 5.75 Å². The average molecular weight is 380 g/mol. The lowest BCUT2D eigenvalue weighted by atomic mass is 10.0. The van der Waals surface area contributed by atoms with Crippen LogP contribution in [0.1, 0.15) is 21.6 Å². The van der Waals surface area contributed by atoms with Crippen molar-refractivity contribution in [2.24, 2.45) is 0 Å². The number of nitrogens with zero attached hydrogens (tertiary/aromatic N) is 2. The number of benzene rings is 2. The zero-order valence-electron chi connectivity index (χ0n) is 15.8. The number of hydrogen-bond acceptors (Lipinski definition) is 4. The van der Waals surface area contributed by atoms with E-state index in [1.807, 2.05) is 28.8 Å². The van der Waals surface area contributed by atoms with Crippen molar-refractivity contribution < 1.29 is 9.53 Å². The molecular weight excluding hydrogens is 363 g/mol. The summed E-state index contributed by atoms with van der Waals surface area (Å²) in [6.45, 7) is 0.379. The van der Waals surface area contributed by atoms with Crippen molar-refractivity contribution in [3.05, 3.63) is 100.0 Å². The van der Waals surface area contributed by atoms with Crippen LogP contribution in [0.3, 0.4) is 0 Å². The molecule has 2 aromatic carbocycles. The fourth-order valence-electron chi connectivity index (χ4n) is 3.32. The summed E-state index contributed by atoms with van der Waals surface area (Å²) >= 11 is 0. The van der Waals surface area contributed by atoms with Gasteiger partial charge in [0.05, 0.1) is 30.4 Å². The zero-order valence-corrected chi connectivity index (χ0v) is 15.8. The van der Waals surface area contributed by atoms with Crippen LogP contribution >= 0.6 is 0 Å². The highest BCUT2D eigenvalue weighted by Crippen LogP contribution is 2.18. The molecule has 6 heteroatoms. The smallest absolute Gasteiger partial charge is 0.200 e. The molecule has 4 aromatic rings. The van der Waals surface area contributed by atoms with Gasteiger partial charge in [0.25, 0.3) is 0 Å². The standard InChI is InChI=1S/C23H17BN2O3/c1-29-17-8-4-6-15(12-17)22(27)19-14-26(13-16-7-5-11-21(24)25-16)20-10-3-2-9-18(20)23(19)28/h2-12,14H,13H2,1H3. The second-order valence-electron chi connectivity index (χ2n) is 6.63. The van der Waals surface area contributed by atoms with Crippen molar-refractivity contribution in [1.82, 2.24) is 9.55 Å². The molecule has 0 fully saturated rings. The van der Waals surface area contributed by atoms with E-state index in [4.69, 9.17) is 12.6 Å².